The van der Waals surface area contributed by atoms with Gasteiger partial charge in [-0.15, -0.1) is 0 Å². The van der Waals surface area contributed by atoms with Crippen molar-refractivity contribution in [3.63, 3.8) is 0 Å². The number of nitrogens with zero attached hydrogens (tertiary/aromatic N) is 1. The van der Waals surface area contributed by atoms with Crippen LogP contribution in [0, 0.1) is 18.6 Å². The van der Waals surface area contributed by atoms with E-state index < -0.39 is 17.5 Å². The molecule has 0 unspecified atom stereocenters. The Hall–Kier alpha value is -4.06. The van der Waals surface area contributed by atoms with Crippen LogP contribution in [-0.4, -0.2) is 10.9 Å². The number of oxazole rings is 1. The largest absolute Gasteiger partial charge is 0.445 e. The second-order valence-electron chi connectivity index (χ2n) is 6.90. The Balaban J connectivity index is 1.49. The van der Waals surface area contributed by atoms with Gasteiger partial charge < -0.3 is 9.73 Å². The normalized spacial score (nSPS) is 11.1. The van der Waals surface area contributed by atoms with Gasteiger partial charge >= 0.3 is 0 Å². The van der Waals surface area contributed by atoms with Crippen molar-refractivity contribution in [1.82, 2.24) is 4.98 Å². The molecule has 6 heteroatoms. The van der Waals surface area contributed by atoms with Gasteiger partial charge in [0.2, 0.25) is 11.8 Å². The van der Waals surface area contributed by atoms with Crippen molar-refractivity contribution in [2.24, 2.45) is 0 Å². The predicted molar refractivity (Wildman–Crippen MR) is 116 cm³/mol. The molecule has 0 aliphatic rings. The zero-order valence-electron chi connectivity index (χ0n) is 16.6. The van der Waals surface area contributed by atoms with Crippen LogP contribution in [0.15, 0.2) is 83.6 Å². The number of anilines is 1. The Morgan fingerprint density at radius 1 is 1.00 bits per heavy atom. The quantitative estimate of drug-likeness (QED) is 0.392. The minimum Gasteiger partial charge on any atom is -0.445 e. The number of rotatable bonds is 5. The molecule has 0 saturated heterocycles. The monoisotopic (exact) mass is 416 g/mol. The zero-order chi connectivity index (χ0) is 21.8. The van der Waals surface area contributed by atoms with Gasteiger partial charge in [0.05, 0.1) is 6.20 Å². The van der Waals surface area contributed by atoms with Crippen LogP contribution in [0.5, 0.6) is 0 Å². The number of carbonyl (C=O) groups is 1. The van der Waals surface area contributed by atoms with Gasteiger partial charge in [-0.2, -0.15) is 0 Å². The van der Waals surface area contributed by atoms with E-state index in [-0.39, 0.29) is 5.56 Å². The lowest BCUT2D eigenvalue weighted by atomic mass is 9.98. The van der Waals surface area contributed by atoms with Gasteiger partial charge in [0.25, 0.3) is 0 Å². The molecule has 0 aliphatic carbocycles. The first-order valence-electron chi connectivity index (χ1n) is 9.55. The van der Waals surface area contributed by atoms with Gasteiger partial charge in [-0.05, 0) is 66.1 Å². The Kier molecular flexibility index (Phi) is 5.71. The van der Waals surface area contributed by atoms with E-state index >= 15 is 0 Å². The number of aryl methyl sites for hydroxylation is 1. The van der Waals surface area contributed by atoms with Gasteiger partial charge in [-0.1, -0.05) is 24.3 Å². The number of benzene rings is 3. The molecule has 1 N–H and O–H groups in total. The third-order valence-electron chi connectivity index (χ3n) is 4.78. The fraction of sp³-hybridized carbons (Fsp3) is 0.0400. The Morgan fingerprint density at radius 2 is 1.71 bits per heavy atom. The molecule has 31 heavy (non-hydrogen) atoms. The minimum absolute atomic E-state index is 0.255. The molecule has 154 valence electrons. The van der Waals surface area contributed by atoms with Gasteiger partial charge in [0.1, 0.15) is 17.9 Å². The third-order valence-corrected chi connectivity index (χ3v) is 4.78. The topological polar surface area (TPSA) is 55.1 Å². The first-order chi connectivity index (χ1) is 15.0. The molecule has 3 aromatic carbocycles. The van der Waals surface area contributed by atoms with E-state index in [4.69, 9.17) is 4.42 Å². The first-order valence-corrected chi connectivity index (χ1v) is 9.55. The number of nitrogens with one attached hydrogen (secondary N) is 1. The van der Waals surface area contributed by atoms with E-state index in [0.717, 1.165) is 46.5 Å². The summed E-state index contributed by atoms with van der Waals surface area (Å²) in [6.45, 7) is 2.01. The molecule has 1 aromatic heterocycles. The summed E-state index contributed by atoms with van der Waals surface area (Å²) in [7, 11) is 0. The van der Waals surface area contributed by atoms with Crippen LogP contribution in [0.1, 0.15) is 11.1 Å². The Labute approximate surface area is 177 Å². The summed E-state index contributed by atoms with van der Waals surface area (Å²) < 4.78 is 32.7. The van der Waals surface area contributed by atoms with Crippen molar-refractivity contribution in [2.75, 3.05) is 5.32 Å². The molecule has 4 nitrogen and oxygen atoms in total. The molecule has 0 radical (unpaired) electrons. The van der Waals surface area contributed by atoms with E-state index in [0.29, 0.717) is 11.6 Å². The lowest BCUT2D eigenvalue weighted by Gasteiger charge is -2.09. The average molecular weight is 416 g/mol. The number of amides is 1. The maximum atomic E-state index is 13.7. The van der Waals surface area contributed by atoms with Gasteiger partial charge in [0, 0.05) is 22.9 Å². The zero-order valence-corrected chi connectivity index (χ0v) is 16.6. The van der Waals surface area contributed by atoms with Crippen LogP contribution in [0.25, 0.3) is 28.7 Å². The van der Waals surface area contributed by atoms with Crippen LogP contribution in [0.4, 0.5) is 14.5 Å². The molecular weight excluding hydrogens is 398 g/mol. The number of hydrogen-bond acceptors (Lipinski definition) is 3. The Morgan fingerprint density at radius 3 is 2.39 bits per heavy atom. The number of halogens is 2. The molecule has 1 amide bonds. The standard InChI is InChI=1S/C25H18F2N2O2/c1-16-5-6-18(25-28-13-14-31-25)15-21(16)17-7-9-19(10-8-17)29-24(30)12-11-20-22(26)3-2-4-23(20)27/h2-15H,1H3,(H,29,30). The summed E-state index contributed by atoms with van der Waals surface area (Å²) in [6.07, 6.45) is 5.34. The fourth-order valence-electron chi connectivity index (χ4n) is 3.18. The van der Waals surface area contributed by atoms with Crippen molar-refractivity contribution in [3.05, 3.63) is 102 Å². The highest BCUT2D eigenvalue weighted by atomic mass is 19.1. The summed E-state index contributed by atoms with van der Waals surface area (Å²) in [5, 5.41) is 2.68. The van der Waals surface area contributed by atoms with Gasteiger partial charge in [-0.3, -0.25) is 4.79 Å². The summed E-state index contributed by atoms with van der Waals surface area (Å²) >= 11 is 0. The van der Waals surface area contributed by atoms with Crippen molar-refractivity contribution >= 4 is 17.7 Å². The van der Waals surface area contributed by atoms with Crippen LogP contribution in [0.2, 0.25) is 0 Å². The minimum atomic E-state index is -0.726. The number of carbonyl (C=O) groups excluding carboxylic acids is 1. The second-order valence-corrected chi connectivity index (χ2v) is 6.90. The lowest BCUT2D eigenvalue weighted by Crippen LogP contribution is -2.07. The average Bonchev–Trinajstić information content (AvgIpc) is 3.29. The van der Waals surface area contributed by atoms with E-state index in [9.17, 15) is 13.6 Å². The van der Waals surface area contributed by atoms with Crippen LogP contribution < -0.4 is 5.32 Å². The molecule has 0 spiro atoms. The van der Waals surface area contributed by atoms with Gasteiger partial charge in [-0.25, -0.2) is 13.8 Å². The van der Waals surface area contributed by atoms with Crippen molar-refractivity contribution in [3.8, 4) is 22.6 Å². The van der Waals surface area contributed by atoms with Crippen molar-refractivity contribution in [1.29, 1.82) is 0 Å². The van der Waals surface area contributed by atoms with E-state index in [2.05, 4.69) is 10.3 Å². The highest BCUT2D eigenvalue weighted by Gasteiger charge is 2.09. The first kappa shape index (κ1) is 20.2. The molecular formula is C25H18F2N2O2. The molecule has 0 aliphatic heterocycles. The smallest absolute Gasteiger partial charge is 0.248 e. The molecule has 0 fully saturated rings. The SMILES string of the molecule is Cc1ccc(-c2ncco2)cc1-c1ccc(NC(=O)C=Cc2c(F)cccc2F)cc1. The maximum absolute atomic E-state index is 13.7. The van der Waals surface area contributed by atoms with Crippen LogP contribution in [0.3, 0.4) is 0 Å². The van der Waals surface area contributed by atoms with Crippen molar-refractivity contribution in [2.45, 2.75) is 6.92 Å². The predicted octanol–water partition coefficient (Wildman–Crippen LogP) is 6.25. The van der Waals surface area contributed by atoms with Gasteiger partial charge in [0.15, 0.2) is 0 Å². The van der Waals surface area contributed by atoms with Crippen LogP contribution in [-0.2, 0) is 4.79 Å². The van der Waals surface area contributed by atoms with Crippen molar-refractivity contribution < 1.29 is 18.0 Å². The fourth-order valence-corrected chi connectivity index (χ4v) is 3.18. The van der Waals surface area contributed by atoms with E-state index in [1.807, 2.05) is 37.3 Å². The molecule has 4 rings (SSSR count). The molecule has 0 atom stereocenters. The second kappa shape index (κ2) is 8.75. The molecule has 0 bridgehead atoms. The number of aromatic nitrogens is 1. The van der Waals surface area contributed by atoms with Crippen LogP contribution >= 0.6 is 0 Å². The summed E-state index contributed by atoms with van der Waals surface area (Å²) in [5.74, 6) is -1.40. The van der Waals surface area contributed by atoms with E-state index in [1.165, 1.54) is 12.3 Å². The highest BCUT2D eigenvalue weighted by molar-refractivity contribution is 6.02. The highest BCUT2D eigenvalue weighted by Crippen LogP contribution is 2.29. The van der Waals surface area contributed by atoms with E-state index in [1.54, 1.807) is 18.3 Å². The molecule has 0 saturated carbocycles. The third kappa shape index (κ3) is 4.59. The maximum Gasteiger partial charge on any atom is 0.248 e. The summed E-state index contributed by atoms with van der Waals surface area (Å²) in [6, 6.07) is 16.8. The Bertz CT molecular complexity index is 1230. The lowest BCUT2D eigenvalue weighted by molar-refractivity contribution is -0.111. The summed E-state index contributed by atoms with van der Waals surface area (Å²) in [4.78, 5) is 16.3. The molecule has 1 heterocycles. The summed E-state index contributed by atoms with van der Waals surface area (Å²) in [5.41, 5.74) is 4.25. The number of hydrogen-bond donors (Lipinski definition) is 1. The molecule has 4 aromatic rings.